The van der Waals surface area contributed by atoms with E-state index in [1.165, 1.54) is 53.9 Å². The van der Waals surface area contributed by atoms with Gasteiger partial charge in [-0.1, -0.05) is 11.6 Å². The number of amides is 2. The van der Waals surface area contributed by atoms with E-state index in [2.05, 4.69) is 30.6 Å². The summed E-state index contributed by atoms with van der Waals surface area (Å²) in [7, 11) is -13.8. The lowest BCUT2D eigenvalue weighted by Crippen LogP contribution is -2.17. The van der Waals surface area contributed by atoms with Crippen molar-refractivity contribution in [2.75, 3.05) is 54.4 Å². The van der Waals surface area contributed by atoms with Gasteiger partial charge in [-0.25, -0.2) is 41.2 Å². The first-order chi connectivity index (χ1) is 31.1. The highest BCUT2D eigenvalue weighted by Gasteiger charge is 2.34. The van der Waals surface area contributed by atoms with Crippen molar-refractivity contribution < 1.29 is 58.0 Å². The van der Waals surface area contributed by atoms with Crippen LogP contribution in [-0.2, 0) is 53.5 Å². The zero-order valence-corrected chi connectivity index (χ0v) is 39.9. The van der Waals surface area contributed by atoms with Crippen molar-refractivity contribution in [3.05, 3.63) is 118 Å². The summed E-state index contributed by atoms with van der Waals surface area (Å²) in [5.41, 5.74) is 9.60. The van der Waals surface area contributed by atoms with E-state index in [-0.39, 0.29) is 60.3 Å². The van der Waals surface area contributed by atoms with E-state index >= 15 is 4.39 Å². The molecule has 0 bridgehead atoms. The fourth-order valence-electron chi connectivity index (χ4n) is 5.77. The van der Waals surface area contributed by atoms with Crippen molar-refractivity contribution in [1.82, 2.24) is 19.9 Å². The van der Waals surface area contributed by atoms with E-state index in [0.717, 1.165) is 61.5 Å². The number of nitrogens with two attached hydrogens (primary N) is 2. The molecule has 0 saturated carbocycles. The first-order valence-corrected chi connectivity index (χ1v) is 26.6. The number of nitrogens with zero attached hydrogens (tertiary/aromatic N) is 4. The Bertz CT molecular complexity index is 3160. The van der Waals surface area contributed by atoms with Crippen LogP contribution in [0.15, 0.2) is 95.0 Å². The summed E-state index contributed by atoms with van der Waals surface area (Å²) in [6.07, 6.45) is 2.58. The Morgan fingerprint density at radius 3 is 1.67 bits per heavy atom. The van der Waals surface area contributed by atoms with Crippen LogP contribution in [0.3, 0.4) is 0 Å². The smallest absolute Gasteiger partial charge is 0.346 e. The third-order valence-electron chi connectivity index (χ3n) is 9.29. The predicted molar refractivity (Wildman–Crippen MR) is 245 cm³/mol. The van der Waals surface area contributed by atoms with Crippen molar-refractivity contribution >= 4 is 92.6 Å². The monoisotopic (exact) mass is 1020 g/mol. The molecule has 0 aliphatic rings. The molecule has 0 spiro atoms. The molecule has 6 aromatic rings. The number of hydrogen-bond donors (Lipinski definition) is 4. The maximum atomic E-state index is 15.6. The number of nitrogen functional groups attached to an aromatic ring is 2. The quantitative estimate of drug-likeness (QED) is 0.0608. The van der Waals surface area contributed by atoms with Crippen molar-refractivity contribution in [3.8, 4) is 21.8 Å². The molecule has 3 aromatic carbocycles. The summed E-state index contributed by atoms with van der Waals surface area (Å²) in [5, 5.41) is 4.96. The molecular weight excluding hydrogens is 985 g/mol. The first kappa shape index (κ1) is 49.9. The van der Waals surface area contributed by atoms with Crippen LogP contribution in [0, 0.1) is 12.7 Å². The van der Waals surface area contributed by atoms with Gasteiger partial charge >= 0.3 is 15.2 Å². The lowest BCUT2D eigenvalue weighted by atomic mass is 10.1. The molecule has 27 heteroatoms. The Balaban J connectivity index is 1.10. The molecule has 1 unspecified atom stereocenters. The minimum Gasteiger partial charge on any atom is -0.382 e. The first-order valence-electron chi connectivity index (χ1n) is 18.7. The average Bonchev–Trinajstić information content (AvgIpc) is 3.72. The largest absolute Gasteiger partial charge is 0.382 e. The van der Waals surface area contributed by atoms with Crippen molar-refractivity contribution in [2.45, 2.75) is 23.3 Å². The number of carbonyl (C=O) groups is 2. The maximum Gasteiger partial charge on any atom is 0.346 e. The van der Waals surface area contributed by atoms with Crippen LogP contribution in [0.4, 0.5) is 27.4 Å². The molecule has 0 radical (unpaired) electrons. The number of rotatable bonds is 18. The number of benzene rings is 3. The number of aromatic nitrogens is 4. The topological polar surface area (TPSA) is 301 Å². The number of sulfone groups is 2. The molecule has 0 saturated heterocycles. The Morgan fingerprint density at radius 1 is 0.727 bits per heavy atom. The van der Waals surface area contributed by atoms with Crippen LogP contribution in [0.2, 0.25) is 5.02 Å². The number of aryl methyl sites for hydroxylation is 1. The lowest BCUT2D eigenvalue weighted by molar-refractivity contribution is 0.101. The van der Waals surface area contributed by atoms with E-state index in [0.29, 0.717) is 5.69 Å². The van der Waals surface area contributed by atoms with Gasteiger partial charge in [-0.05, 0) is 79.7 Å². The molecule has 3 aromatic heterocycles. The second kappa shape index (κ2) is 20.1. The molecule has 2 amide bonds. The van der Waals surface area contributed by atoms with Crippen molar-refractivity contribution in [2.24, 2.45) is 0 Å². The van der Waals surface area contributed by atoms with E-state index in [1.54, 1.807) is 0 Å². The fraction of sp³-hybridized carbons (Fsp3) is 0.179. The minimum absolute atomic E-state index is 0.0473. The van der Waals surface area contributed by atoms with Crippen LogP contribution in [0.25, 0.3) is 21.8 Å². The Kier molecular flexibility index (Phi) is 15.2. The fourth-order valence-corrected chi connectivity index (χ4v) is 14.7. The number of anilines is 4. The molecule has 1 atom stereocenters. The summed E-state index contributed by atoms with van der Waals surface area (Å²) in [4.78, 5) is 44.2. The van der Waals surface area contributed by atoms with Crippen LogP contribution in [0.1, 0.15) is 31.4 Å². The van der Waals surface area contributed by atoms with Gasteiger partial charge in [-0.3, -0.25) is 18.7 Å². The van der Waals surface area contributed by atoms with E-state index in [1.807, 2.05) is 19.1 Å². The van der Waals surface area contributed by atoms with Gasteiger partial charge in [0.2, 0.25) is 0 Å². The second-order valence-electron chi connectivity index (χ2n) is 13.8. The normalized spacial score (nSPS) is 12.9. The summed E-state index contributed by atoms with van der Waals surface area (Å²) < 4.78 is 114. The lowest BCUT2D eigenvalue weighted by Gasteiger charge is -2.17. The van der Waals surface area contributed by atoms with Gasteiger partial charge in [0, 0.05) is 48.7 Å². The van der Waals surface area contributed by atoms with Gasteiger partial charge in [-0.15, -0.1) is 11.3 Å². The molecule has 6 rings (SSSR count). The number of halogens is 2. The molecule has 3 heterocycles. The van der Waals surface area contributed by atoms with Crippen LogP contribution >= 0.6 is 38.1 Å². The van der Waals surface area contributed by atoms with E-state index < -0.39 is 75.8 Å². The van der Waals surface area contributed by atoms with Crippen molar-refractivity contribution in [3.63, 3.8) is 0 Å². The van der Waals surface area contributed by atoms with Gasteiger partial charge in [0.1, 0.15) is 5.82 Å². The Hall–Kier alpha value is -5.52. The zero-order valence-electron chi connectivity index (χ0n) is 34.9. The van der Waals surface area contributed by atoms with E-state index in [4.69, 9.17) is 41.2 Å². The average molecular weight is 1020 g/mol. The molecule has 0 aliphatic heterocycles. The molecular formula is C39H38ClFN8O12P2S3. The van der Waals surface area contributed by atoms with Gasteiger partial charge in [0.15, 0.2) is 53.7 Å². The molecule has 348 valence electrons. The summed E-state index contributed by atoms with van der Waals surface area (Å²) >= 11 is 7.96. The van der Waals surface area contributed by atoms with Gasteiger partial charge in [0.25, 0.3) is 11.8 Å². The molecule has 0 aliphatic carbocycles. The summed E-state index contributed by atoms with van der Waals surface area (Å²) in [6, 6.07) is 15.6. The summed E-state index contributed by atoms with van der Waals surface area (Å²) in [5.74, 6) is -2.96. The Morgan fingerprint density at radius 2 is 1.20 bits per heavy atom. The predicted octanol–water partition coefficient (Wildman–Crippen LogP) is 7.44. The van der Waals surface area contributed by atoms with Crippen LogP contribution in [0.5, 0.6) is 0 Å². The highest BCUT2D eigenvalue weighted by atomic mass is 35.5. The molecule has 6 N–H and O–H groups in total. The Labute approximate surface area is 386 Å². The van der Waals surface area contributed by atoms with Crippen LogP contribution in [-0.4, -0.2) is 80.9 Å². The van der Waals surface area contributed by atoms with E-state index in [9.17, 15) is 35.6 Å². The third kappa shape index (κ3) is 11.7. The number of hydrogen-bond acceptors (Lipinski definition) is 19. The molecule has 0 fully saturated rings. The second-order valence-corrected chi connectivity index (χ2v) is 24.8. The van der Waals surface area contributed by atoms with Gasteiger partial charge < -0.3 is 40.2 Å². The molecule has 20 nitrogen and oxygen atoms in total. The number of thiophene rings is 1. The van der Waals surface area contributed by atoms with Gasteiger partial charge in [0.05, 0.1) is 50.1 Å². The summed E-state index contributed by atoms with van der Waals surface area (Å²) in [6.45, 7) is 1.17. The van der Waals surface area contributed by atoms with Gasteiger partial charge in [-0.2, -0.15) is 0 Å². The minimum atomic E-state index is -4.47. The number of nitrogens with one attached hydrogen (secondary N) is 2. The highest BCUT2D eigenvalue weighted by molar-refractivity contribution is 7.98. The number of carbonyl (C=O) groups excluding carboxylic acids is 2. The van der Waals surface area contributed by atoms with Crippen molar-refractivity contribution in [1.29, 1.82) is 0 Å². The SMILES string of the molecule is COP(=O)(CS(=O)(=O)c1ccc(NC(=O)c2nc(-c3cc(F)c(COP(=O)(CS(=O)(=O)c4ccc(NC(=O)c5nc(-c6ccc(C)s6)cnc5N)cc4)OC)cc3Cl)cnc2N)cc1)OC. The van der Waals surface area contributed by atoms with Crippen LogP contribution < -0.4 is 22.1 Å². The third-order valence-corrected chi connectivity index (χ3v) is 20.0. The zero-order chi connectivity index (χ0) is 48.2. The molecule has 66 heavy (non-hydrogen) atoms. The highest BCUT2D eigenvalue weighted by Crippen LogP contribution is 2.51. The standard InChI is InChI=1S/C39H38ClFN8O12P2S3/c1-22-5-14-33(64-22)32-18-45-37(43)35(49-32)39(51)47-25-8-12-27(13-9-25)66(56,57)21-63(53,60-4)61-19-23-15-29(40)28(16-30(23)41)31-17-44-36(42)34(48-31)38(50)46-24-6-10-26(11-7-24)65(54,55)20-62(52,58-2)59-3/h5-18H,19-21H2,1-4H3,(H2,42,44)(H2,43,45)(H,46,50)(H,47,51). The maximum absolute atomic E-state index is 15.6.